The van der Waals surface area contributed by atoms with Gasteiger partial charge in [0.1, 0.15) is 17.8 Å². The lowest BCUT2D eigenvalue weighted by atomic mass is 9.88. The number of aromatic amines is 1. The predicted octanol–water partition coefficient (Wildman–Crippen LogP) is 2.29. The van der Waals surface area contributed by atoms with Crippen LogP contribution in [0.5, 0.6) is 0 Å². The van der Waals surface area contributed by atoms with E-state index >= 15 is 0 Å². The Labute approximate surface area is 159 Å². The first-order valence-corrected chi connectivity index (χ1v) is 9.60. The van der Waals surface area contributed by atoms with Crippen LogP contribution in [-0.4, -0.2) is 39.5 Å². The third-order valence-corrected chi connectivity index (χ3v) is 5.91. The molecule has 0 aliphatic carbocycles. The highest BCUT2D eigenvalue weighted by Crippen LogP contribution is 2.30. The van der Waals surface area contributed by atoms with Gasteiger partial charge >= 0.3 is 0 Å². The quantitative estimate of drug-likeness (QED) is 0.634. The molecule has 3 aromatic heterocycles. The molecule has 3 aromatic rings. The number of carbonyl (C=O) groups is 1. The number of hydrogen-bond donors (Lipinski definition) is 3. The molecule has 1 saturated heterocycles. The van der Waals surface area contributed by atoms with Gasteiger partial charge in [-0.15, -0.1) is 11.3 Å². The van der Waals surface area contributed by atoms with Crippen LogP contribution in [-0.2, 0) is 11.3 Å². The van der Waals surface area contributed by atoms with E-state index in [1.165, 1.54) is 17.7 Å². The summed E-state index contributed by atoms with van der Waals surface area (Å²) in [6, 6.07) is 5.63. The van der Waals surface area contributed by atoms with Crippen molar-refractivity contribution in [2.24, 2.45) is 5.73 Å². The van der Waals surface area contributed by atoms with Gasteiger partial charge in [0.2, 0.25) is 5.91 Å². The monoisotopic (exact) mass is 390 g/mol. The largest absolute Gasteiger partial charge is 0.346 e. The van der Waals surface area contributed by atoms with Crippen molar-refractivity contribution in [3.8, 4) is 0 Å². The number of rotatable bonds is 4. The Morgan fingerprint density at radius 1 is 1.31 bits per heavy atom. The number of halogens is 1. The zero-order chi connectivity index (χ0) is 18.1. The Morgan fingerprint density at radius 2 is 2.12 bits per heavy atom. The number of H-pyrrole nitrogens is 1. The number of piperidine rings is 1. The summed E-state index contributed by atoms with van der Waals surface area (Å²) in [5.74, 6) is 0.443. The summed E-state index contributed by atoms with van der Waals surface area (Å²) in [6.45, 7) is 1.83. The molecule has 0 saturated carbocycles. The third kappa shape index (κ3) is 3.21. The number of hydrogen-bond acceptors (Lipinski definition) is 6. The van der Waals surface area contributed by atoms with Crippen LogP contribution in [0.25, 0.3) is 11.0 Å². The normalized spacial score (nSPS) is 16.7. The third-order valence-electron chi connectivity index (χ3n) is 4.70. The highest BCUT2D eigenvalue weighted by molar-refractivity contribution is 7.16. The topological polar surface area (TPSA) is 99.9 Å². The molecule has 26 heavy (non-hydrogen) atoms. The fourth-order valence-electron chi connectivity index (χ4n) is 3.26. The molecule has 1 aliphatic rings. The number of nitrogens with one attached hydrogen (secondary N) is 2. The molecule has 7 nitrogen and oxygen atoms in total. The first-order valence-electron chi connectivity index (χ1n) is 8.41. The van der Waals surface area contributed by atoms with Gasteiger partial charge in [0, 0.05) is 11.1 Å². The number of nitrogens with two attached hydrogens (primary N) is 1. The van der Waals surface area contributed by atoms with Crippen LogP contribution >= 0.6 is 22.9 Å². The Morgan fingerprint density at radius 3 is 2.85 bits per heavy atom. The molecule has 0 aromatic carbocycles. The van der Waals surface area contributed by atoms with Crippen LogP contribution in [0.1, 0.15) is 17.7 Å². The van der Waals surface area contributed by atoms with Gasteiger partial charge in [-0.05, 0) is 44.1 Å². The van der Waals surface area contributed by atoms with E-state index < -0.39 is 5.54 Å². The first-order chi connectivity index (χ1) is 12.6. The minimum Gasteiger partial charge on any atom is -0.346 e. The van der Waals surface area contributed by atoms with Gasteiger partial charge in [-0.1, -0.05) is 11.6 Å². The van der Waals surface area contributed by atoms with E-state index in [1.807, 2.05) is 18.2 Å². The van der Waals surface area contributed by atoms with Gasteiger partial charge in [-0.2, -0.15) is 0 Å². The number of amides is 1. The summed E-state index contributed by atoms with van der Waals surface area (Å²) >= 11 is 7.52. The fourth-order valence-corrected chi connectivity index (χ4v) is 4.34. The van der Waals surface area contributed by atoms with E-state index in [1.54, 1.807) is 11.1 Å². The lowest BCUT2D eigenvalue weighted by molar-refractivity contribution is -0.124. The van der Waals surface area contributed by atoms with Crippen molar-refractivity contribution >= 4 is 45.7 Å². The molecular weight excluding hydrogens is 372 g/mol. The van der Waals surface area contributed by atoms with E-state index in [2.05, 4.69) is 20.3 Å². The number of fused-ring (bicyclic) bond motifs is 1. The van der Waals surface area contributed by atoms with E-state index in [9.17, 15) is 4.79 Å². The van der Waals surface area contributed by atoms with Crippen molar-refractivity contribution in [3.05, 3.63) is 39.9 Å². The molecule has 136 valence electrons. The number of nitrogens with zero attached hydrogens (tertiary/aromatic N) is 3. The zero-order valence-electron chi connectivity index (χ0n) is 14.0. The number of aromatic nitrogens is 3. The van der Waals surface area contributed by atoms with Crippen molar-refractivity contribution in [1.82, 2.24) is 20.3 Å². The van der Waals surface area contributed by atoms with Gasteiger partial charge in [0.05, 0.1) is 21.8 Å². The average Bonchev–Trinajstić information content (AvgIpc) is 3.28. The number of anilines is 1. The summed E-state index contributed by atoms with van der Waals surface area (Å²) in [5, 5.41) is 4.05. The molecule has 0 atom stereocenters. The second-order valence-electron chi connectivity index (χ2n) is 6.44. The summed E-state index contributed by atoms with van der Waals surface area (Å²) in [5.41, 5.74) is 6.30. The molecule has 0 radical (unpaired) electrons. The Kier molecular flexibility index (Phi) is 4.66. The van der Waals surface area contributed by atoms with E-state index in [4.69, 9.17) is 17.3 Å². The number of thiophene rings is 1. The maximum absolute atomic E-state index is 13.5. The molecule has 0 bridgehead atoms. The van der Waals surface area contributed by atoms with Gasteiger partial charge in [0.25, 0.3) is 0 Å². The van der Waals surface area contributed by atoms with Crippen LogP contribution in [0, 0.1) is 0 Å². The maximum atomic E-state index is 13.5. The Hall–Kier alpha value is -2.00. The molecule has 9 heteroatoms. The SMILES string of the molecule is NC1(C(=O)N(Cc2ccc(Cl)s2)c2ncnc3[nH]ccc23)CCNCC1. The van der Waals surface area contributed by atoms with Crippen LogP contribution in [0.4, 0.5) is 5.82 Å². The van der Waals surface area contributed by atoms with Crippen molar-refractivity contribution in [2.75, 3.05) is 18.0 Å². The summed E-state index contributed by atoms with van der Waals surface area (Å²) in [7, 11) is 0. The molecular formula is C17H19ClN6OS. The van der Waals surface area contributed by atoms with Gasteiger partial charge in [-0.25, -0.2) is 9.97 Å². The van der Waals surface area contributed by atoms with Crippen LogP contribution in [0.2, 0.25) is 4.34 Å². The maximum Gasteiger partial charge on any atom is 0.248 e. The van der Waals surface area contributed by atoms with E-state index in [-0.39, 0.29) is 5.91 Å². The molecule has 1 amide bonds. The average molecular weight is 391 g/mol. The highest BCUT2D eigenvalue weighted by atomic mass is 35.5. The summed E-state index contributed by atoms with van der Waals surface area (Å²) in [6.07, 6.45) is 4.43. The standard InChI is InChI=1S/C17H19ClN6OS/c18-13-2-1-11(26-13)9-24(16(25)17(19)4-7-20-8-5-17)15-12-3-6-21-14(12)22-10-23-15/h1-3,6,10,20H,4-5,7-9,19H2,(H,21,22,23). The second-order valence-corrected chi connectivity index (χ2v) is 8.24. The summed E-state index contributed by atoms with van der Waals surface area (Å²) < 4.78 is 0.686. The van der Waals surface area contributed by atoms with Crippen molar-refractivity contribution in [2.45, 2.75) is 24.9 Å². The minimum absolute atomic E-state index is 0.121. The molecule has 0 spiro atoms. The van der Waals surface area contributed by atoms with E-state index in [0.29, 0.717) is 35.2 Å². The van der Waals surface area contributed by atoms with Crippen LogP contribution in [0.15, 0.2) is 30.7 Å². The van der Waals surface area contributed by atoms with Crippen LogP contribution < -0.4 is 16.0 Å². The van der Waals surface area contributed by atoms with Crippen molar-refractivity contribution in [3.63, 3.8) is 0 Å². The number of carbonyl (C=O) groups excluding carboxylic acids is 1. The smallest absolute Gasteiger partial charge is 0.248 e. The molecule has 4 N–H and O–H groups in total. The molecule has 1 fully saturated rings. The Balaban J connectivity index is 1.76. The molecule has 1 aliphatic heterocycles. The van der Waals surface area contributed by atoms with Gasteiger partial charge in [0.15, 0.2) is 0 Å². The van der Waals surface area contributed by atoms with Gasteiger partial charge < -0.3 is 16.0 Å². The van der Waals surface area contributed by atoms with Crippen LogP contribution in [0.3, 0.4) is 0 Å². The fraction of sp³-hybridized carbons (Fsp3) is 0.353. The minimum atomic E-state index is -0.903. The first kappa shape index (κ1) is 17.4. The molecule has 0 unspecified atom stereocenters. The molecule has 4 heterocycles. The van der Waals surface area contributed by atoms with E-state index in [0.717, 1.165) is 23.4 Å². The van der Waals surface area contributed by atoms with Gasteiger partial charge in [-0.3, -0.25) is 9.69 Å². The highest BCUT2D eigenvalue weighted by Gasteiger charge is 2.40. The molecule has 4 rings (SSSR count). The second kappa shape index (κ2) is 6.96. The van der Waals surface area contributed by atoms with Crippen molar-refractivity contribution < 1.29 is 4.79 Å². The van der Waals surface area contributed by atoms with Crippen molar-refractivity contribution in [1.29, 1.82) is 0 Å². The Bertz CT molecular complexity index is 932. The lowest BCUT2D eigenvalue weighted by Gasteiger charge is -2.36. The lowest BCUT2D eigenvalue weighted by Crippen LogP contribution is -2.60. The zero-order valence-corrected chi connectivity index (χ0v) is 15.6. The summed E-state index contributed by atoms with van der Waals surface area (Å²) in [4.78, 5) is 27.8. The predicted molar refractivity (Wildman–Crippen MR) is 103 cm³/mol.